The summed E-state index contributed by atoms with van der Waals surface area (Å²) in [6, 6.07) is 4.12. The summed E-state index contributed by atoms with van der Waals surface area (Å²) >= 11 is 0. The normalized spacial score (nSPS) is 16.6. The minimum Gasteiger partial charge on any atom is -0.481 e. The van der Waals surface area contributed by atoms with Gasteiger partial charge in [-0.05, 0) is 43.5 Å². The van der Waals surface area contributed by atoms with E-state index in [2.05, 4.69) is 41.6 Å². The highest BCUT2D eigenvalue weighted by molar-refractivity contribution is 5.91. The van der Waals surface area contributed by atoms with Crippen LogP contribution in [0.3, 0.4) is 0 Å². The number of H-pyrrole nitrogens is 1. The Morgan fingerprint density at radius 2 is 1.80 bits per heavy atom. The number of unbranched alkanes of at least 4 members (excludes halogenated alkanes) is 1. The number of anilines is 2. The molecule has 0 unspecified atom stereocenters. The molecule has 11 nitrogen and oxygen atoms in total. The van der Waals surface area contributed by atoms with Crippen LogP contribution in [0.1, 0.15) is 57.4 Å². The summed E-state index contributed by atoms with van der Waals surface area (Å²) < 4.78 is 61.8. The van der Waals surface area contributed by atoms with Gasteiger partial charge in [-0.1, -0.05) is 26.2 Å². The van der Waals surface area contributed by atoms with Crippen LogP contribution in [-0.4, -0.2) is 100 Å². The fraction of sp³-hybridized carbons (Fsp3) is 0.528. The van der Waals surface area contributed by atoms with Crippen molar-refractivity contribution in [3.63, 3.8) is 0 Å². The van der Waals surface area contributed by atoms with Gasteiger partial charge < -0.3 is 24.6 Å². The third-order valence-corrected chi connectivity index (χ3v) is 9.88. The van der Waals surface area contributed by atoms with Crippen LogP contribution in [0.2, 0.25) is 0 Å². The number of hydrogen-bond acceptors (Lipinski definition) is 9. The second-order valence-corrected chi connectivity index (χ2v) is 13.7. The number of piperazine rings is 1. The molecule has 4 heterocycles. The zero-order chi connectivity index (χ0) is 36.2. The number of ether oxygens (including phenoxy) is 1. The molecule has 6 rings (SSSR count). The van der Waals surface area contributed by atoms with Gasteiger partial charge in [0, 0.05) is 63.9 Å². The quantitative estimate of drug-likeness (QED) is 0.109. The van der Waals surface area contributed by atoms with Crippen LogP contribution >= 0.6 is 0 Å². The Balaban J connectivity index is 1.31. The van der Waals surface area contributed by atoms with E-state index in [1.54, 1.807) is 18.5 Å². The van der Waals surface area contributed by atoms with Crippen molar-refractivity contribution in [2.45, 2.75) is 58.0 Å². The van der Waals surface area contributed by atoms with Crippen LogP contribution in [0.4, 0.5) is 29.1 Å². The lowest BCUT2D eigenvalue weighted by atomic mass is 9.86. The zero-order valence-electron chi connectivity index (χ0n) is 29.0. The molecule has 3 aromatic heterocycles. The summed E-state index contributed by atoms with van der Waals surface area (Å²) in [6.07, 6.45) is 4.85. The van der Waals surface area contributed by atoms with E-state index in [9.17, 15) is 22.4 Å². The number of aliphatic carboxylic acids is 1. The van der Waals surface area contributed by atoms with Crippen LogP contribution in [0.5, 0.6) is 0 Å². The highest BCUT2D eigenvalue weighted by Gasteiger charge is 2.36. The van der Waals surface area contributed by atoms with E-state index in [-0.39, 0.29) is 28.7 Å². The first kappa shape index (κ1) is 36.4. The molecular formula is C36H44F4N8O3. The lowest BCUT2D eigenvalue weighted by Gasteiger charge is -2.35. The molecule has 1 saturated carbocycles. The van der Waals surface area contributed by atoms with Crippen LogP contribution < -0.4 is 9.80 Å². The number of nitrogens with zero attached hydrogens (tertiary/aromatic N) is 7. The van der Waals surface area contributed by atoms with E-state index < -0.39 is 23.5 Å². The Hall–Kier alpha value is -4.37. The summed E-state index contributed by atoms with van der Waals surface area (Å²) in [5, 5.41) is 8.98. The van der Waals surface area contributed by atoms with E-state index >= 15 is 0 Å². The zero-order valence-corrected chi connectivity index (χ0v) is 29.0. The number of carboxylic acids is 1. The molecule has 1 aliphatic heterocycles. The van der Waals surface area contributed by atoms with Crippen molar-refractivity contribution in [2.75, 3.05) is 69.3 Å². The average Bonchev–Trinajstić information content (AvgIpc) is 3.76. The van der Waals surface area contributed by atoms with Crippen LogP contribution in [-0.2, 0) is 15.7 Å². The number of carboxylic acid groups (broad SMARTS) is 1. The van der Waals surface area contributed by atoms with E-state index in [0.717, 1.165) is 50.7 Å². The van der Waals surface area contributed by atoms with Crippen molar-refractivity contribution >= 4 is 28.6 Å². The highest BCUT2D eigenvalue weighted by Crippen LogP contribution is 2.41. The van der Waals surface area contributed by atoms with Crippen LogP contribution in [0.15, 0.2) is 36.7 Å². The fourth-order valence-corrected chi connectivity index (χ4v) is 7.10. The number of imidazole rings is 1. The second-order valence-electron chi connectivity index (χ2n) is 13.7. The molecule has 274 valence electrons. The molecule has 2 aliphatic rings. The van der Waals surface area contributed by atoms with Crippen molar-refractivity contribution in [1.82, 2.24) is 29.8 Å². The number of aromatic amines is 1. The van der Waals surface area contributed by atoms with E-state index in [1.165, 1.54) is 0 Å². The van der Waals surface area contributed by atoms with Gasteiger partial charge in [-0.25, -0.2) is 24.3 Å². The number of benzene rings is 1. The molecule has 0 spiro atoms. The number of fused-ring (bicyclic) bond motifs is 1. The smallest absolute Gasteiger partial charge is 0.416 e. The largest absolute Gasteiger partial charge is 0.481 e. The van der Waals surface area contributed by atoms with E-state index in [0.29, 0.717) is 87.1 Å². The van der Waals surface area contributed by atoms with Gasteiger partial charge in [-0.15, -0.1) is 0 Å². The molecule has 15 heteroatoms. The third-order valence-electron chi connectivity index (χ3n) is 9.88. The minimum atomic E-state index is -4.73. The third kappa shape index (κ3) is 8.75. The Bertz CT molecular complexity index is 1800. The van der Waals surface area contributed by atoms with Gasteiger partial charge in [0.05, 0.1) is 42.4 Å². The first-order chi connectivity index (χ1) is 24.4. The maximum Gasteiger partial charge on any atom is 0.416 e. The molecule has 1 aliphatic carbocycles. The monoisotopic (exact) mass is 712 g/mol. The predicted octanol–water partition coefficient (Wildman–Crippen LogP) is 6.65. The average molecular weight is 713 g/mol. The van der Waals surface area contributed by atoms with Crippen molar-refractivity contribution in [2.24, 2.45) is 5.41 Å². The maximum absolute atomic E-state index is 14.6. The Morgan fingerprint density at radius 3 is 2.47 bits per heavy atom. The van der Waals surface area contributed by atoms with Crippen LogP contribution in [0, 0.1) is 11.2 Å². The molecule has 2 fully saturated rings. The standard InChI is InChI=1S/C36H44F4N8O3/c1-3-4-15-51-23-35(8-5-6-9-35)22-46(2)29-19-27(24-16-25(36(38,39)40)18-26(37)17-24)43-34-32(29)44-33(45-34)28-20-42-30(21-41-28)48-13-11-47(12-14-48)10-7-31(49)50/h16-21H,3-15,22-23H2,1-2H3,(H,49,50)(H,43,44,45). The maximum atomic E-state index is 14.6. The molecule has 0 atom stereocenters. The minimum absolute atomic E-state index is 0.00546. The molecular weight excluding hydrogens is 668 g/mol. The predicted molar refractivity (Wildman–Crippen MR) is 186 cm³/mol. The number of nitrogens with one attached hydrogen (secondary N) is 1. The lowest BCUT2D eigenvalue weighted by molar-refractivity contribution is -0.138. The number of rotatable bonds is 14. The molecule has 2 N–H and O–H groups in total. The van der Waals surface area contributed by atoms with Gasteiger partial charge in [-0.3, -0.25) is 9.69 Å². The van der Waals surface area contributed by atoms with Gasteiger partial charge >= 0.3 is 12.1 Å². The first-order valence-corrected chi connectivity index (χ1v) is 17.5. The number of halogens is 4. The van der Waals surface area contributed by atoms with E-state index in [1.807, 2.05) is 7.05 Å². The molecule has 1 saturated heterocycles. The molecule has 0 bridgehead atoms. The summed E-state index contributed by atoms with van der Waals surface area (Å²) in [5.41, 5.74) is 0.919. The number of pyridine rings is 1. The second kappa shape index (κ2) is 15.5. The van der Waals surface area contributed by atoms with Gasteiger partial charge in [0.15, 0.2) is 11.5 Å². The number of hydrogen-bond donors (Lipinski definition) is 2. The van der Waals surface area contributed by atoms with Gasteiger partial charge in [0.2, 0.25) is 0 Å². The van der Waals surface area contributed by atoms with Crippen molar-refractivity contribution in [3.05, 3.63) is 48.0 Å². The van der Waals surface area contributed by atoms with Crippen LogP contribution in [0.25, 0.3) is 33.9 Å². The van der Waals surface area contributed by atoms with Gasteiger partial charge in [0.1, 0.15) is 22.8 Å². The molecule has 51 heavy (non-hydrogen) atoms. The van der Waals surface area contributed by atoms with E-state index in [4.69, 9.17) is 14.8 Å². The lowest BCUT2D eigenvalue weighted by Crippen LogP contribution is -2.47. The number of carbonyl (C=O) groups is 1. The summed E-state index contributed by atoms with van der Waals surface area (Å²) in [5.74, 6) is -0.756. The number of aromatic nitrogens is 5. The Kier molecular flexibility index (Phi) is 11.1. The van der Waals surface area contributed by atoms with Crippen molar-refractivity contribution < 1.29 is 32.2 Å². The van der Waals surface area contributed by atoms with Gasteiger partial charge in [-0.2, -0.15) is 13.2 Å². The molecule has 4 aromatic rings. The molecule has 1 aromatic carbocycles. The molecule has 0 radical (unpaired) electrons. The molecule has 0 amide bonds. The SMILES string of the molecule is CCCCOCC1(CN(C)c2cc(-c3cc(F)cc(C(F)(F)F)c3)nc3nc(-c4cnc(N5CCN(CCC(=O)O)CC5)cn4)[nH]c23)CCCC1. The Morgan fingerprint density at radius 1 is 1.04 bits per heavy atom. The highest BCUT2D eigenvalue weighted by atomic mass is 19.4. The van der Waals surface area contributed by atoms with Crippen molar-refractivity contribution in [3.8, 4) is 22.8 Å². The number of alkyl halides is 3. The first-order valence-electron chi connectivity index (χ1n) is 17.5. The van der Waals surface area contributed by atoms with Crippen molar-refractivity contribution in [1.29, 1.82) is 0 Å². The van der Waals surface area contributed by atoms with Gasteiger partial charge in [0.25, 0.3) is 0 Å². The Labute approximate surface area is 294 Å². The summed E-state index contributed by atoms with van der Waals surface area (Å²) in [6.45, 7) is 7.37. The summed E-state index contributed by atoms with van der Waals surface area (Å²) in [7, 11) is 1.94. The fourth-order valence-electron chi connectivity index (χ4n) is 7.10. The topological polar surface area (TPSA) is 124 Å². The summed E-state index contributed by atoms with van der Waals surface area (Å²) in [4.78, 5) is 39.1.